The Morgan fingerprint density at radius 3 is 2.40 bits per heavy atom. The van der Waals surface area contributed by atoms with Crippen LogP contribution in [0.2, 0.25) is 5.02 Å². The molecule has 2 aromatic rings. The van der Waals surface area contributed by atoms with Crippen molar-refractivity contribution in [3.8, 4) is 5.82 Å². The highest BCUT2D eigenvalue weighted by molar-refractivity contribution is 6.31. The average Bonchev–Trinajstić information content (AvgIpc) is 2.67. The van der Waals surface area contributed by atoms with Crippen molar-refractivity contribution in [1.82, 2.24) is 20.1 Å². The number of nitrogens with zero attached hydrogens (tertiary/aromatic N) is 3. The van der Waals surface area contributed by atoms with Gasteiger partial charge in [-0.2, -0.15) is 5.10 Å². The number of aromatic nitrogens is 3. The standard InChI is InChI=1S/C15H21ClN4/c1-10-12(8-17-15(3,4)5)6-7-14(18-10)20-9-13(16)11(2)19-20/h6-7,9,17H,8H2,1-5H3. The number of pyridine rings is 1. The minimum absolute atomic E-state index is 0.0950. The summed E-state index contributed by atoms with van der Waals surface area (Å²) in [5.41, 5.74) is 3.10. The molecule has 0 aliphatic heterocycles. The van der Waals surface area contributed by atoms with Crippen molar-refractivity contribution in [2.45, 2.75) is 46.7 Å². The average molecular weight is 293 g/mol. The van der Waals surface area contributed by atoms with Crippen molar-refractivity contribution >= 4 is 11.6 Å². The van der Waals surface area contributed by atoms with Gasteiger partial charge in [-0.1, -0.05) is 17.7 Å². The van der Waals surface area contributed by atoms with Gasteiger partial charge in [-0.15, -0.1) is 0 Å². The third kappa shape index (κ3) is 3.58. The van der Waals surface area contributed by atoms with Crippen molar-refractivity contribution in [3.63, 3.8) is 0 Å². The number of hydrogen-bond donors (Lipinski definition) is 1. The third-order valence-electron chi connectivity index (χ3n) is 3.06. The Bertz CT molecular complexity index is 591. The Morgan fingerprint density at radius 1 is 1.20 bits per heavy atom. The predicted octanol–water partition coefficient (Wildman–Crippen LogP) is 3.43. The fraction of sp³-hybridized carbons (Fsp3) is 0.467. The normalized spacial score (nSPS) is 11.9. The molecule has 0 aliphatic rings. The molecule has 0 radical (unpaired) electrons. The molecule has 0 amide bonds. The summed E-state index contributed by atoms with van der Waals surface area (Å²) in [7, 11) is 0. The van der Waals surface area contributed by atoms with Gasteiger partial charge in [-0.25, -0.2) is 9.67 Å². The maximum atomic E-state index is 6.03. The van der Waals surface area contributed by atoms with Gasteiger partial charge in [0.05, 0.1) is 16.9 Å². The summed E-state index contributed by atoms with van der Waals surface area (Å²) >= 11 is 6.03. The molecule has 0 aromatic carbocycles. The zero-order chi connectivity index (χ0) is 14.9. The lowest BCUT2D eigenvalue weighted by molar-refractivity contribution is 0.423. The Kier molecular flexibility index (Phi) is 4.16. The topological polar surface area (TPSA) is 42.7 Å². The molecule has 4 nitrogen and oxygen atoms in total. The van der Waals surface area contributed by atoms with Crippen LogP contribution in [0.1, 0.15) is 37.7 Å². The summed E-state index contributed by atoms with van der Waals surface area (Å²) in [5, 5.41) is 8.47. The Balaban J connectivity index is 2.21. The van der Waals surface area contributed by atoms with Crippen LogP contribution in [-0.2, 0) is 6.54 Å². The molecule has 0 spiro atoms. The summed E-state index contributed by atoms with van der Waals surface area (Å²) in [5.74, 6) is 0.789. The molecule has 0 unspecified atom stereocenters. The van der Waals surface area contributed by atoms with E-state index in [0.717, 1.165) is 23.8 Å². The van der Waals surface area contributed by atoms with E-state index in [2.05, 4.69) is 42.2 Å². The van der Waals surface area contributed by atoms with Crippen molar-refractivity contribution < 1.29 is 0 Å². The van der Waals surface area contributed by atoms with E-state index in [1.165, 1.54) is 5.56 Å². The summed E-state index contributed by atoms with van der Waals surface area (Å²) < 4.78 is 1.71. The molecule has 1 N–H and O–H groups in total. The van der Waals surface area contributed by atoms with Crippen LogP contribution in [-0.4, -0.2) is 20.3 Å². The maximum absolute atomic E-state index is 6.03. The van der Waals surface area contributed by atoms with Crippen LogP contribution in [0.3, 0.4) is 0 Å². The van der Waals surface area contributed by atoms with Gasteiger partial charge in [0, 0.05) is 17.8 Å². The van der Waals surface area contributed by atoms with E-state index in [9.17, 15) is 0 Å². The highest BCUT2D eigenvalue weighted by Crippen LogP contribution is 2.16. The van der Waals surface area contributed by atoms with Gasteiger partial charge in [-0.3, -0.25) is 0 Å². The fourth-order valence-electron chi connectivity index (χ4n) is 1.81. The predicted molar refractivity (Wildman–Crippen MR) is 82.4 cm³/mol. The lowest BCUT2D eigenvalue weighted by Crippen LogP contribution is -2.35. The molecule has 2 rings (SSSR count). The molecule has 0 aliphatic carbocycles. The molecule has 0 bridgehead atoms. The van der Waals surface area contributed by atoms with Gasteiger partial charge in [0.25, 0.3) is 0 Å². The number of rotatable bonds is 3. The van der Waals surface area contributed by atoms with Gasteiger partial charge < -0.3 is 5.32 Å². The number of hydrogen-bond acceptors (Lipinski definition) is 3. The van der Waals surface area contributed by atoms with Crippen molar-refractivity contribution in [2.24, 2.45) is 0 Å². The second kappa shape index (κ2) is 5.54. The van der Waals surface area contributed by atoms with Crippen LogP contribution < -0.4 is 5.32 Å². The van der Waals surface area contributed by atoms with E-state index in [-0.39, 0.29) is 5.54 Å². The SMILES string of the molecule is Cc1nn(-c2ccc(CNC(C)(C)C)c(C)n2)cc1Cl. The molecule has 2 heterocycles. The van der Waals surface area contributed by atoms with Gasteiger partial charge in [0.15, 0.2) is 5.82 Å². The summed E-state index contributed by atoms with van der Waals surface area (Å²) in [6, 6.07) is 4.05. The molecular weight excluding hydrogens is 272 g/mol. The van der Waals surface area contributed by atoms with E-state index in [1.807, 2.05) is 19.9 Å². The molecule has 20 heavy (non-hydrogen) atoms. The Labute approximate surface area is 125 Å². The summed E-state index contributed by atoms with van der Waals surface area (Å²) in [6.45, 7) is 11.2. The molecule has 0 saturated heterocycles. The molecular formula is C15H21ClN4. The zero-order valence-corrected chi connectivity index (χ0v) is 13.4. The second-order valence-electron chi connectivity index (χ2n) is 6.02. The minimum Gasteiger partial charge on any atom is -0.308 e. The van der Waals surface area contributed by atoms with Gasteiger partial charge >= 0.3 is 0 Å². The van der Waals surface area contributed by atoms with Crippen molar-refractivity contribution in [1.29, 1.82) is 0 Å². The molecule has 5 heteroatoms. The van der Waals surface area contributed by atoms with Crippen molar-refractivity contribution in [2.75, 3.05) is 0 Å². The first-order chi connectivity index (χ1) is 9.26. The van der Waals surface area contributed by atoms with E-state index in [1.54, 1.807) is 10.9 Å². The highest BCUT2D eigenvalue weighted by Gasteiger charge is 2.11. The Morgan fingerprint density at radius 2 is 1.90 bits per heavy atom. The van der Waals surface area contributed by atoms with Crippen LogP contribution in [0.5, 0.6) is 0 Å². The van der Waals surface area contributed by atoms with Crippen LogP contribution in [0.4, 0.5) is 0 Å². The lowest BCUT2D eigenvalue weighted by Gasteiger charge is -2.21. The van der Waals surface area contributed by atoms with Crippen LogP contribution in [0.15, 0.2) is 18.3 Å². The first-order valence-corrected chi connectivity index (χ1v) is 7.08. The quantitative estimate of drug-likeness (QED) is 0.942. The minimum atomic E-state index is 0.0950. The van der Waals surface area contributed by atoms with E-state index in [0.29, 0.717) is 5.02 Å². The van der Waals surface area contributed by atoms with Crippen LogP contribution >= 0.6 is 11.6 Å². The number of halogens is 1. The lowest BCUT2D eigenvalue weighted by atomic mass is 10.1. The highest BCUT2D eigenvalue weighted by atomic mass is 35.5. The van der Waals surface area contributed by atoms with Crippen molar-refractivity contribution in [3.05, 3.63) is 40.3 Å². The summed E-state index contributed by atoms with van der Waals surface area (Å²) in [6.07, 6.45) is 1.78. The molecule has 2 aromatic heterocycles. The smallest absolute Gasteiger partial charge is 0.153 e. The fourth-order valence-corrected chi connectivity index (χ4v) is 1.94. The molecule has 108 valence electrons. The van der Waals surface area contributed by atoms with E-state index in [4.69, 9.17) is 11.6 Å². The zero-order valence-electron chi connectivity index (χ0n) is 12.7. The third-order valence-corrected chi connectivity index (χ3v) is 3.43. The van der Waals surface area contributed by atoms with Gasteiger partial charge in [-0.05, 0) is 46.2 Å². The maximum Gasteiger partial charge on any atom is 0.153 e. The first kappa shape index (κ1) is 15.0. The van der Waals surface area contributed by atoms with Gasteiger partial charge in [0.2, 0.25) is 0 Å². The second-order valence-corrected chi connectivity index (χ2v) is 6.43. The molecule has 0 saturated carbocycles. The van der Waals surface area contributed by atoms with Crippen LogP contribution in [0, 0.1) is 13.8 Å². The first-order valence-electron chi connectivity index (χ1n) is 6.70. The number of aryl methyl sites for hydroxylation is 2. The molecule has 0 fully saturated rings. The van der Waals surface area contributed by atoms with Crippen LogP contribution in [0.25, 0.3) is 5.82 Å². The summed E-state index contributed by atoms with van der Waals surface area (Å²) in [4.78, 5) is 4.60. The van der Waals surface area contributed by atoms with E-state index < -0.39 is 0 Å². The van der Waals surface area contributed by atoms with Gasteiger partial charge in [0.1, 0.15) is 0 Å². The largest absolute Gasteiger partial charge is 0.308 e. The molecule has 0 atom stereocenters. The Hall–Kier alpha value is -1.39. The number of nitrogens with one attached hydrogen (secondary N) is 1. The van der Waals surface area contributed by atoms with E-state index >= 15 is 0 Å². The monoisotopic (exact) mass is 292 g/mol.